The molecule has 1 aliphatic heterocycles. The maximum atomic E-state index is 12.3. The number of hydrogen-bond donors (Lipinski definition) is 1. The van der Waals surface area contributed by atoms with E-state index in [1.54, 1.807) is 7.11 Å². The lowest BCUT2D eigenvalue weighted by Gasteiger charge is -2.29. The number of rotatable bonds is 5. The van der Waals surface area contributed by atoms with Gasteiger partial charge in [-0.15, -0.1) is 0 Å². The van der Waals surface area contributed by atoms with Crippen molar-refractivity contribution in [3.05, 3.63) is 65.2 Å². The number of oxime groups is 1. The molecule has 4 rings (SSSR count). The topological polar surface area (TPSA) is 59.9 Å². The van der Waals surface area contributed by atoms with Gasteiger partial charge in [-0.3, -0.25) is 4.79 Å². The van der Waals surface area contributed by atoms with Crippen molar-refractivity contribution < 1.29 is 14.4 Å². The zero-order chi connectivity index (χ0) is 17.2. The van der Waals surface area contributed by atoms with Gasteiger partial charge in [-0.25, -0.2) is 0 Å². The largest absolute Gasteiger partial charge is 0.497 e. The molecule has 0 fully saturated rings. The number of hydrogen-bond acceptors (Lipinski definition) is 4. The lowest BCUT2D eigenvalue weighted by molar-refractivity contribution is -0.123. The van der Waals surface area contributed by atoms with Crippen LogP contribution in [0.1, 0.15) is 29.0 Å². The maximum Gasteiger partial charge on any atom is 0.228 e. The minimum atomic E-state index is -0.114. The van der Waals surface area contributed by atoms with E-state index in [-0.39, 0.29) is 17.9 Å². The number of carbonyl (C=O) groups excluding carboxylic acids is 1. The highest BCUT2D eigenvalue weighted by Gasteiger charge is 2.32. The Balaban J connectivity index is 1.28. The highest BCUT2D eigenvalue weighted by atomic mass is 16.6. The second-order valence-electron chi connectivity index (χ2n) is 6.40. The molecule has 0 saturated heterocycles. The first-order valence-electron chi connectivity index (χ1n) is 8.47. The van der Waals surface area contributed by atoms with E-state index in [9.17, 15) is 4.79 Å². The zero-order valence-electron chi connectivity index (χ0n) is 14.1. The first kappa shape index (κ1) is 15.7. The molecule has 1 heterocycles. The van der Waals surface area contributed by atoms with Gasteiger partial charge in [0.2, 0.25) is 5.91 Å². The summed E-state index contributed by atoms with van der Waals surface area (Å²) in [5, 5.41) is 7.16. The number of fused-ring (bicyclic) bond motifs is 1. The third kappa shape index (κ3) is 3.09. The summed E-state index contributed by atoms with van der Waals surface area (Å²) in [5.41, 5.74) is 4.32. The third-order valence-electron chi connectivity index (χ3n) is 4.83. The first-order chi connectivity index (χ1) is 12.2. The van der Waals surface area contributed by atoms with Crippen LogP contribution in [0.15, 0.2) is 53.7 Å². The summed E-state index contributed by atoms with van der Waals surface area (Å²) in [6.45, 7) is 0.473. The Bertz CT molecular complexity index is 814. The normalized spacial score (nSPS) is 20.8. The van der Waals surface area contributed by atoms with Gasteiger partial charge < -0.3 is 14.9 Å². The molecule has 0 radical (unpaired) electrons. The van der Waals surface area contributed by atoms with Gasteiger partial charge >= 0.3 is 0 Å². The van der Waals surface area contributed by atoms with Crippen LogP contribution in [-0.2, 0) is 16.1 Å². The minimum absolute atomic E-state index is 0.0282. The number of nitrogens with zero attached hydrogens (tertiary/aromatic N) is 1. The third-order valence-corrected chi connectivity index (χ3v) is 4.83. The number of benzene rings is 2. The second kappa shape index (κ2) is 6.59. The lowest BCUT2D eigenvalue weighted by Crippen LogP contribution is -2.39. The molecule has 0 aromatic heterocycles. The van der Waals surface area contributed by atoms with E-state index in [0.717, 1.165) is 29.0 Å². The quantitative estimate of drug-likeness (QED) is 0.913. The van der Waals surface area contributed by atoms with Crippen molar-refractivity contribution in [2.75, 3.05) is 13.7 Å². The van der Waals surface area contributed by atoms with Crippen molar-refractivity contribution in [3.63, 3.8) is 0 Å². The summed E-state index contributed by atoms with van der Waals surface area (Å²) in [6.07, 6.45) is 1.39. The van der Waals surface area contributed by atoms with Crippen LogP contribution in [0.25, 0.3) is 0 Å². The molecule has 5 nitrogen and oxygen atoms in total. The van der Waals surface area contributed by atoms with Crippen molar-refractivity contribution in [2.45, 2.75) is 24.9 Å². The molecule has 0 saturated carbocycles. The summed E-state index contributed by atoms with van der Waals surface area (Å²) < 4.78 is 5.16. The molecule has 128 valence electrons. The number of nitrogens with one attached hydrogen (secondary N) is 1. The molecule has 0 spiro atoms. The predicted molar refractivity (Wildman–Crippen MR) is 94.9 cm³/mol. The van der Waals surface area contributed by atoms with Crippen LogP contribution in [0.3, 0.4) is 0 Å². The fourth-order valence-electron chi connectivity index (χ4n) is 3.32. The summed E-state index contributed by atoms with van der Waals surface area (Å²) >= 11 is 0. The van der Waals surface area contributed by atoms with Crippen LogP contribution in [0.2, 0.25) is 0 Å². The average Bonchev–Trinajstić information content (AvgIpc) is 3.10. The van der Waals surface area contributed by atoms with Crippen LogP contribution >= 0.6 is 0 Å². The predicted octanol–water partition coefficient (Wildman–Crippen LogP) is 2.64. The lowest BCUT2D eigenvalue weighted by atomic mass is 9.77. The highest BCUT2D eigenvalue weighted by Crippen LogP contribution is 2.34. The van der Waals surface area contributed by atoms with Gasteiger partial charge in [0.15, 0.2) is 0 Å². The van der Waals surface area contributed by atoms with Gasteiger partial charge in [0.25, 0.3) is 0 Å². The number of ether oxygens (including phenoxy) is 1. The molecule has 25 heavy (non-hydrogen) atoms. The Kier molecular flexibility index (Phi) is 4.14. The van der Waals surface area contributed by atoms with Crippen LogP contribution in [0.5, 0.6) is 5.75 Å². The van der Waals surface area contributed by atoms with Crippen molar-refractivity contribution >= 4 is 11.6 Å². The molecular weight excluding hydrogens is 316 g/mol. The van der Waals surface area contributed by atoms with E-state index < -0.39 is 0 Å². The van der Waals surface area contributed by atoms with Gasteiger partial charge in [-0.1, -0.05) is 29.4 Å². The van der Waals surface area contributed by atoms with Gasteiger partial charge in [0, 0.05) is 6.42 Å². The maximum absolute atomic E-state index is 12.3. The Hall–Kier alpha value is -2.82. The van der Waals surface area contributed by atoms with E-state index in [1.807, 2.05) is 42.5 Å². The Morgan fingerprint density at radius 1 is 1.20 bits per heavy atom. The van der Waals surface area contributed by atoms with Gasteiger partial charge in [-0.05, 0) is 47.4 Å². The van der Waals surface area contributed by atoms with E-state index in [1.165, 1.54) is 5.56 Å². The van der Waals surface area contributed by atoms with Crippen molar-refractivity contribution in [1.29, 1.82) is 0 Å². The van der Waals surface area contributed by atoms with E-state index in [4.69, 9.17) is 9.57 Å². The first-order valence-corrected chi connectivity index (χ1v) is 8.47. The van der Waals surface area contributed by atoms with Gasteiger partial charge in [0.1, 0.15) is 11.9 Å². The fourth-order valence-corrected chi connectivity index (χ4v) is 3.32. The molecular formula is C20H20N2O3. The van der Waals surface area contributed by atoms with Crippen LogP contribution in [0, 0.1) is 0 Å². The number of amides is 1. The molecule has 1 N–H and O–H groups in total. The summed E-state index contributed by atoms with van der Waals surface area (Å²) in [7, 11) is 1.64. The van der Waals surface area contributed by atoms with Crippen LogP contribution in [-0.4, -0.2) is 31.4 Å². The summed E-state index contributed by atoms with van der Waals surface area (Å²) in [4.78, 5) is 17.8. The van der Waals surface area contributed by atoms with Gasteiger partial charge in [0.05, 0.1) is 25.3 Å². The smallest absolute Gasteiger partial charge is 0.228 e. The Labute approximate surface area is 146 Å². The number of carbonyl (C=O) groups is 1. The molecule has 2 aromatic rings. The Morgan fingerprint density at radius 3 is 2.76 bits per heavy atom. The van der Waals surface area contributed by atoms with Crippen molar-refractivity contribution in [2.24, 2.45) is 5.16 Å². The standard InChI is InChI=1S/C20H20N2O3/c1-24-15-8-6-13(7-9-15)19-11-16(25-22-19)12-21-20(23)18-10-14-4-2-3-5-17(14)18/h2-9,16,18H,10-12H2,1H3,(H,21,23). The molecule has 5 heteroatoms. The fraction of sp³-hybridized carbons (Fsp3) is 0.300. The molecule has 2 aliphatic rings. The molecule has 2 atom stereocenters. The SMILES string of the molecule is COc1ccc(C2=NOC(CNC(=O)C3Cc4ccccc43)C2)cc1. The number of methoxy groups -OCH3 is 1. The molecule has 2 unspecified atom stereocenters. The molecule has 2 aromatic carbocycles. The van der Waals surface area contributed by atoms with E-state index >= 15 is 0 Å². The van der Waals surface area contributed by atoms with Gasteiger partial charge in [-0.2, -0.15) is 0 Å². The highest BCUT2D eigenvalue weighted by molar-refractivity contribution is 6.01. The molecule has 1 amide bonds. The summed E-state index contributed by atoms with van der Waals surface area (Å²) in [5.74, 6) is 0.854. The Morgan fingerprint density at radius 2 is 2.00 bits per heavy atom. The van der Waals surface area contributed by atoms with Crippen molar-refractivity contribution in [1.82, 2.24) is 5.32 Å². The summed E-state index contributed by atoms with van der Waals surface area (Å²) in [6, 6.07) is 15.8. The van der Waals surface area contributed by atoms with E-state index in [2.05, 4.69) is 16.5 Å². The second-order valence-corrected chi connectivity index (χ2v) is 6.40. The molecule has 1 aliphatic carbocycles. The monoisotopic (exact) mass is 336 g/mol. The van der Waals surface area contributed by atoms with Crippen molar-refractivity contribution in [3.8, 4) is 5.75 Å². The zero-order valence-corrected chi connectivity index (χ0v) is 14.1. The minimum Gasteiger partial charge on any atom is -0.497 e. The average molecular weight is 336 g/mol. The van der Waals surface area contributed by atoms with E-state index in [0.29, 0.717) is 13.0 Å². The molecule has 0 bridgehead atoms. The van der Waals surface area contributed by atoms with Crippen LogP contribution < -0.4 is 10.1 Å². The van der Waals surface area contributed by atoms with Crippen LogP contribution in [0.4, 0.5) is 0 Å².